The highest BCUT2D eigenvalue weighted by molar-refractivity contribution is 5.80. The van der Waals surface area contributed by atoms with Gasteiger partial charge < -0.3 is 9.84 Å². The molecule has 18 heavy (non-hydrogen) atoms. The van der Waals surface area contributed by atoms with Gasteiger partial charge in [-0.25, -0.2) is 0 Å². The van der Waals surface area contributed by atoms with Crippen LogP contribution in [0.15, 0.2) is 54.6 Å². The molecule has 0 bridgehead atoms. The first kappa shape index (κ1) is 12.1. The van der Waals surface area contributed by atoms with Crippen LogP contribution in [0.2, 0.25) is 0 Å². The molecule has 0 heterocycles. The molecule has 0 aliphatic carbocycles. The number of rotatable bonds is 4. The predicted octanol–water partition coefficient (Wildman–Crippen LogP) is 0.629. The van der Waals surface area contributed by atoms with Crippen LogP contribution in [0.5, 0.6) is 11.5 Å². The maximum Gasteiger partial charge on any atom is 0.272 e. The van der Waals surface area contributed by atoms with Crippen LogP contribution in [-0.2, 0) is 0 Å². The summed E-state index contributed by atoms with van der Waals surface area (Å²) in [6.07, 6.45) is -0.982. The lowest BCUT2D eigenvalue weighted by molar-refractivity contribution is -0.126. The van der Waals surface area contributed by atoms with E-state index in [4.69, 9.17) is 15.9 Å². The van der Waals surface area contributed by atoms with E-state index < -0.39 is 6.10 Å². The average Bonchev–Trinajstić information content (AvgIpc) is 2.39. The fourth-order valence-corrected chi connectivity index (χ4v) is 1.57. The van der Waals surface area contributed by atoms with Crippen molar-refractivity contribution in [3.05, 3.63) is 60.2 Å². The Morgan fingerprint density at radius 1 is 1.06 bits per heavy atom. The Kier molecular flexibility index (Phi) is 3.60. The molecular formula is C14H15N2O2+. The molecule has 92 valence electrons. The van der Waals surface area contributed by atoms with Crippen LogP contribution < -0.4 is 15.9 Å². The lowest BCUT2D eigenvalue weighted by atomic mass is 10.1. The number of nitrogens with two attached hydrogens (primary N) is 2. The minimum atomic E-state index is -0.982. The molecule has 0 aromatic heterocycles. The topological polar surface area (TPSA) is 81.1 Å². The summed E-state index contributed by atoms with van der Waals surface area (Å²) in [5, 5.41) is 15.1. The molecule has 2 aromatic carbocycles. The molecule has 0 saturated carbocycles. The van der Waals surface area contributed by atoms with Gasteiger partial charge in [0, 0.05) is 0 Å². The number of aliphatic hydroxyl groups excluding tert-OH is 1. The second-order valence-corrected chi connectivity index (χ2v) is 3.89. The number of benzene rings is 2. The summed E-state index contributed by atoms with van der Waals surface area (Å²) in [4.78, 5) is 0. The highest BCUT2D eigenvalue weighted by Crippen LogP contribution is 2.24. The zero-order valence-electron chi connectivity index (χ0n) is 9.78. The van der Waals surface area contributed by atoms with Gasteiger partial charge in [0.1, 0.15) is 11.5 Å². The number of para-hydroxylation sites is 1. The van der Waals surface area contributed by atoms with Crippen LogP contribution >= 0.6 is 0 Å². The smallest absolute Gasteiger partial charge is 0.272 e. The summed E-state index contributed by atoms with van der Waals surface area (Å²) in [5.74, 6) is 1.32. The van der Waals surface area contributed by atoms with Crippen molar-refractivity contribution in [1.82, 2.24) is 0 Å². The van der Waals surface area contributed by atoms with Crippen LogP contribution in [0.1, 0.15) is 11.7 Å². The molecule has 5 N–H and O–H groups in total. The van der Waals surface area contributed by atoms with Gasteiger partial charge in [-0.1, -0.05) is 30.3 Å². The first-order chi connectivity index (χ1) is 8.66. The minimum absolute atomic E-state index is 0.0353. The standard InChI is InChI=1S/C14H14N2O2/c15-14(16)13(17)10-5-4-8-12(9-10)18-11-6-2-1-3-7-11/h1-9,13,17H,(H3,15,16)/p+1/t13-/m0/s1. The quantitative estimate of drug-likeness (QED) is 0.544. The number of hydrogen-bond donors (Lipinski definition) is 3. The number of ether oxygens (including phenoxy) is 1. The van der Waals surface area contributed by atoms with Crippen LogP contribution in [-0.4, -0.2) is 10.9 Å². The molecule has 0 amide bonds. The third-order valence-electron chi connectivity index (χ3n) is 2.47. The van der Waals surface area contributed by atoms with Crippen molar-refractivity contribution >= 4 is 5.84 Å². The zero-order chi connectivity index (χ0) is 13.0. The average molecular weight is 243 g/mol. The number of aliphatic hydroxyl groups is 1. The summed E-state index contributed by atoms with van der Waals surface area (Å²) in [5.41, 5.74) is 5.97. The van der Waals surface area contributed by atoms with Crippen molar-refractivity contribution in [2.75, 3.05) is 0 Å². The van der Waals surface area contributed by atoms with E-state index in [1.807, 2.05) is 30.3 Å². The summed E-state index contributed by atoms with van der Waals surface area (Å²) in [7, 11) is 0. The van der Waals surface area contributed by atoms with E-state index >= 15 is 0 Å². The largest absolute Gasteiger partial charge is 0.457 e. The second kappa shape index (κ2) is 5.33. The van der Waals surface area contributed by atoms with Gasteiger partial charge in [-0.05, 0) is 29.8 Å². The normalized spacial score (nSPS) is 11.8. The van der Waals surface area contributed by atoms with E-state index in [1.165, 1.54) is 0 Å². The molecule has 4 nitrogen and oxygen atoms in total. The third kappa shape index (κ3) is 2.87. The molecule has 0 unspecified atom stereocenters. The molecule has 2 rings (SSSR count). The Labute approximate surface area is 105 Å². The van der Waals surface area contributed by atoms with Crippen LogP contribution in [0.25, 0.3) is 0 Å². The van der Waals surface area contributed by atoms with Gasteiger partial charge in [0.25, 0.3) is 5.84 Å². The van der Waals surface area contributed by atoms with E-state index in [-0.39, 0.29) is 5.84 Å². The van der Waals surface area contributed by atoms with Gasteiger partial charge in [-0.15, -0.1) is 0 Å². The maximum absolute atomic E-state index is 9.75. The van der Waals surface area contributed by atoms with Gasteiger partial charge in [-0.2, -0.15) is 0 Å². The van der Waals surface area contributed by atoms with E-state index in [0.29, 0.717) is 11.3 Å². The van der Waals surface area contributed by atoms with Crippen molar-refractivity contribution in [1.29, 1.82) is 0 Å². The van der Waals surface area contributed by atoms with E-state index in [2.05, 4.69) is 0 Å². The molecule has 0 aliphatic rings. The zero-order valence-corrected chi connectivity index (χ0v) is 9.78. The SMILES string of the molecule is NC(=[NH2+])[C@@H](O)c1cccc(Oc2ccccc2)c1. The highest BCUT2D eigenvalue weighted by atomic mass is 16.5. The molecule has 0 aliphatic heterocycles. The number of hydrogen-bond acceptors (Lipinski definition) is 2. The van der Waals surface area contributed by atoms with Gasteiger partial charge in [0.05, 0.1) is 0 Å². The molecule has 0 saturated heterocycles. The van der Waals surface area contributed by atoms with Crippen molar-refractivity contribution < 1.29 is 15.3 Å². The van der Waals surface area contributed by atoms with Crippen molar-refractivity contribution in [2.24, 2.45) is 5.73 Å². The molecule has 2 aromatic rings. The summed E-state index contributed by atoms with van der Waals surface area (Å²) >= 11 is 0. The van der Waals surface area contributed by atoms with Gasteiger partial charge in [0.15, 0.2) is 6.10 Å². The molecule has 4 heteroatoms. The predicted molar refractivity (Wildman–Crippen MR) is 69.0 cm³/mol. The molecular weight excluding hydrogens is 228 g/mol. The van der Waals surface area contributed by atoms with E-state index in [9.17, 15) is 5.11 Å². The Morgan fingerprint density at radius 2 is 1.72 bits per heavy atom. The Bertz CT molecular complexity index is 541. The van der Waals surface area contributed by atoms with Crippen LogP contribution in [0.3, 0.4) is 0 Å². The van der Waals surface area contributed by atoms with Crippen molar-refractivity contribution in [2.45, 2.75) is 6.10 Å². The lowest BCUT2D eigenvalue weighted by Gasteiger charge is -2.09. The summed E-state index contributed by atoms with van der Waals surface area (Å²) in [6, 6.07) is 16.4. The first-order valence-electron chi connectivity index (χ1n) is 5.55. The second-order valence-electron chi connectivity index (χ2n) is 3.89. The highest BCUT2D eigenvalue weighted by Gasteiger charge is 2.15. The summed E-state index contributed by atoms with van der Waals surface area (Å²) in [6.45, 7) is 0. The number of amidine groups is 1. The molecule has 0 fully saturated rings. The van der Waals surface area contributed by atoms with Gasteiger partial charge in [0.2, 0.25) is 0 Å². The third-order valence-corrected chi connectivity index (χ3v) is 2.47. The fourth-order valence-electron chi connectivity index (χ4n) is 1.57. The van der Waals surface area contributed by atoms with Crippen molar-refractivity contribution in [3.63, 3.8) is 0 Å². The Morgan fingerprint density at radius 3 is 2.39 bits per heavy atom. The van der Waals surface area contributed by atoms with Gasteiger partial charge in [-0.3, -0.25) is 11.1 Å². The molecule has 0 radical (unpaired) electrons. The summed E-state index contributed by atoms with van der Waals surface area (Å²) < 4.78 is 5.65. The maximum atomic E-state index is 9.75. The Hall–Kier alpha value is -2.33. The van der Waals surface area contributed by atoms with Crippen LogP contribution in [0.4, 0.5) is 0 Å². The first-order valence-corrected chi connectivity index (χ1v) is 5.55. The monoisotopic (exact) mass is 243 g/mol. The minimum Gasteiger partial charge on any atom is -0.457 e. The van der Waals surface area contributed by atoms with E-state index in [1.54, 1.807) is 24.3 Å². The van der Waals surface area contributed by atoms with Crippen molar-refractivity contribution in [3.8, 4) is 11.5 Å². The van der Waals surface area contributed by atoms with Crippen LogP contribution in [0, 0.1) is 0 Å². The van der Waals surface area contributed by atoms with Gasteiger partial charge >= 0.3 is 0 Å². The van der Waals surface area contributed by atoms with E-state index in [0.717, 1.165) is 5.75 Å². The Balaban J connectivity index is 2.20. The molecule has 1 atom stereocenters. The lowest BCUT2D eigenvalue weighted by Crippen LogP contribution is -2.49. The fraction of sp³-hybridized carbons (Fsp3) is 0.0714. The molecule has 0 spiro atoms.